The quantitative estimate of drug-likeness (QED) is 0.646. The molecule has 1 aromatic rings. The van der Waals surface area contributed by atoms with Gasteiger partial charge in [-0.3, -0.25) is 4.79 Å². The highest BCUT2D eigenvalue weighted by molar-refractivity contribution is 5.96. The summed E-state index contributed by atoms with van der Waals surface area (Å²) in [6, 6.07) is 5.80. The van der Waals surface area contributed by atoms with E-state index in [-0.39, 0.29) is 5.92 Å². The molecule has 0 aromatic heterocycles. The number of methoxy groups -OCH3 is 1. The lowest BCUT2D eigenvalue weighted by molar-refractivity contribution is -0.140. The molecule has 1 rings (SSSR count). The van der Waals surface area contributed by atoms with E-state index in [1.165, 1.54) is 0 Å². The van der Waals surface area contributed by atoms with Gasteiger partial charge in [-0.2, -0.15) is 0 Å². The Morgan fingerprint density at radius 2 is 2.04 bits per heavy atom. The third-order valence-corrected chi connectivity index (χ3v) is 3.62. The van der Waals surface area contributed by atoms with E-state index in [1.54, 1.807) is 38.3 Å². The molecule has 128 valence electrons. The Balaban J connectivity index is 2.70. The van der Waals surface area contributed by atoms with E-state index in [4.69, 9.17) is 9.47 Å². The maximum Gasteiger partial charge on any atom is 0.326 e. The van der Waals surface area contributed by atoms with Crippen LogP contribution in [0.15, 0.2) is 24.3 Å². The summed E-state index contributed by atoms with van der Waals surface area (Å²) in [7, 11) is 1.63. The highest BCUT2D eigenvalue weighted by Gasteiger charge is 2.25. The third kappa shape index (κ3) is 6.28. The molecular formula is C17H25NO5. The minimum atomic E-state index is -1.03. The van der Waals surface area contributed by atoms with E-state index in [9.17, 15) is 14.7 Å². The van der Waals surface area contributed by atoms with Crippen LogP contribution in [0.2, 0.25) is 0 Å². The van der Waals surface area contributed by atoms with E-state index in [1.807, 2.05) is 6.92 Å². The number of amides is 1. The van der Waals surface area contributed by atoms with Gasteiger partial charge in [-0.25, -0.2) is 4.79 Å². The maximum atomic E-state index is 12.3. The van der Waals surface area contributed by atoms with Crippen molar-refractivity contribution >= 4 is 11.9 Å². The van der Waals surface area contributed by atoms with Crippen molar-refractivity contribution in [1.29, 1.82) is 0 Å². The molecule has 2 N–H and O–H groups in total. The minimum absolute atomic E-state index is 0.148. The Hall–Kier alpha value is -2.08. The minimum Gasteiger partial charge on any atom is -0.493 e. The van der Waals surface area contributed by atoms with Crippen molar-refractivity contribution in [2.24, 2.45) is 5.92 Å². The summed E-state index contributed by atoms with van der Waals surface area (Å²) in [4.78, 5) is 23.5. The number of aliphatic carboxylic acids is 1. The molecule has 1 aromatic carbocycles. The van der Waals surface area contributed by atoms with E-state index >= 15 is 0 Å². The average molecular weight is 323 g/mol. The van der Waals surface area contributed by atoms with Crippen LogP contribution in [0.5, 0.6) is 5.75 Å². The first-order valence-electron chi connectivity index (χ1n) is 7.75. The van der Waals surface area contributed by atoms with Gasteiger partial charge in [0, 0.05) is 25.7 Å². The smallest absolute Gasteiger partial charge is 0.326 e. The van der Waals surface area contributed by atoms with Crippen LogP contribution in [0.4, 0.5) is 0 Å². The molecule has 23 heavy (non-hydrogen) atoms. The number of rotatable bonds is 10. The largest absolute Gasteiger partial charge is 0.493 e. The number of carbonyl (C=O) groups excluding carboxylic acids is 1. The van der Waals surface area contributed by atoms with Crippen LogP contribution in [0.25, 0.3) is 0 Å². The maximum absolute atomic E-state index is 12.3. The fourth-order valence-electron chi connectivity index (χ4n) is 2.03. The predicted molar refractivity (Wildman–Crippen MR) is 86.8 cm³/mol. The molecule has 0 radical (unpaired) electrons. The predicted octanol–water partition coefficient (Wildman–Crippen LogP) is 2.33. The van der Waals surface area contributed by atoms with Gasteiger partial charge in [-0.15, -0.1) is 0 Å². The summed E-state index contributed by atoms with van der Waals surface area (Å²) < 4.78 is 10.5. The van der Waals surface area contributed by atoms with E-state index in [2.05, 4.69) is 5.32 Å². The van der Waals surface area contributed by atoms with Crippen molar-refractivity contribution in [3.05, 3.63) is 29.8 Å². The molecule has 0 aliphatic heterocycles. The number of ether oxygens (including phenoxy) is 2. The molecule has 0 saturated carbocycles. The monoisotopic (exact) mass is 323 g/mol. The van der Waals surface area contributed by atoms with Gasteiger partial charge in [0.2, 0.25) is 0 Å². The van der Waals surface area contributed by atoms with Gasteiger partial charge in [-0.1, -0.05) is 26.3 Å². The Morgan fingerprint density at radius 3 is 2.65 bits per heavy atom. The molecule has 6 heteroatoms. The molecular weight excluding hydrogens is 298 g/mol. The lowest BCUT2D eigenvalue weighted by atomic mass is 9.99. The van der Waals surface area contributed by atoms with Crippen LogP contribution >= 0.6 is 0 Å². The summed E-state index contributed by atoms with van der Waals surface area (Å²) in [5, 5.41) is 11.8. The zero-order valence-corrected chi connectivity index (χ0v) is 13.9. The van der Waals surface area contributed by atoms with Gasteiger partial charge >= 0.3 is 5.97 Å². The average Bonchev–Trinajstić information content (AvgIpc) is 2.55. The number of hydrogen-bond acceptors (Lipinski definition) is 4. The van der Waals surface area contributed by atoms with Gasteiger partial charge in [0.25, 0.3) is 5.91 Å². The molecule has 0 bridgehead atoms. The zero-order valence-electron chi connectivity index (χ0n) is 13.9. The van der Waals surface area contributed by atoms with Crippen molar-refractivity contribution in [2.45, 2.75) is 32.7 Å². The Labute approximate surface area is 136 Å². The standard InChI is InChI=1S/C17H25NO5/c1-4-12(2)15(17(20)21)18-16(19)13-7-5-8-14(11-13)23-10-6-9-22-3/h5,7-8,11-12,15H,4,6,9-10H2,1-3H3,(H,18,19)(H,20,21). The topological polar surface area (TPSA) is 84.9 Å². The van der Waals surface area contributed by atoms with Crippen molar-refractivity contribution in [3.63, 3.8) is 0 Å². The number of carboxylic acid groups (broad SMARTS) is 1. The van der Waals surface area contributed by atoms with Gasteiger partial charge in [0.15, 0.2) is 0 Å². The Bertz CT molecular complexity index is 517. The SMILES string of the molecule is CCC(C)C(NC(=O)c1cccc(OCCCOC)c1)C(=O)O. The second kappa shape index (κ2) is 9.84. The summed E-state index contributed by atoms with van der Waals surface area (Å²) >= 11 is 0. The Kier molecular flexibility index (Phi) is 8.11. The lowest BCUT2D eigenvalue weighted by Crippen LogP contribution is -2.45. The first-order valence-corrected chi connectivity index (χ1v) is 7.75. The van der Waals surface area contributed by atoms with Gasteiger partial charge < -0.3 is 19.9 Å². The van der Waals surface area contributed by atoms with E-state index in [0.29, 0.717) is 30.9 Å². The van der Waals surface area contributed by atoms with Crippen molar-refractivity contribution in [3.8, 4) is 5.75 Å². The first kappa shape index (κ1) is 19.0. The van der Waals surface area contributed by atoms with Crippen LogP contribution in [0.3, 0.4) is 0 Å². The normalized spacial score (nSPS) is 13.2. The zero-order chi connectivity index (χ0) is 17.2. The lowest BCUT2D eigenvalue weighted by Gasteiger charge is -2.20. The first-order chi connectivity index (χ1) is 11.0. The molecule has 6 nitrogen and oxygen atoms in total. The summed E-state index contributed by atoms with van der Waals surface area (Å²) in [5.41, 5.74) is 0.379. The third-order valence-electron chi connectivity index (χ3n) is 3.62. The summed E-state index contributed by atoms with van der Waals surface area (Å²) in [5.74, 6) is -1.02. The molecule has 2 unspecified atom stereocenters. The molecule has 1 amide bonds. The second-order valence-corrected chi connectivity index (χ2v) is 5.40. The highest BCUT2D eigenvalue weighted by atomic mass is 16.5. The number of hydrogen-bond donors (Lipinski definition) is 2. The molecule has 0 spiro atoms. The molecule has 0 aliphatic carbocycles. The molecule has 0 heterocycles. The summed E-state index contributed by atoms with van der Waals surface area (Å²) in [6.45, 7) is 4.79. The van der Waals surface area contributed by atoms with Crippen LogP contribution in [-0.4, -0.2) is 43.3 Å². The van der Waals surface area contributed by atoms with Crippen LogP contribution in [-0.2, 0) is 9.53 Å². The van der Waals surface area contributed by atoms with Crippen molar-refractivity contribution < 1.29 is 24.2 Å². The number of benzene rings is 1. The Morgan fingerprint density at radius 1 is 1.30 bits per heavy atom. The van der Waals surface area contributed by atoms with Crippen LogP contribution in [0.1, 0.15) is 37.0 Å². The fourth-order valence-corrected chi connectivity index (χ4v) is 2.03. The summed E-state index contributed by atoms with van der Waals surface area (Å²) in [6.07, 6.45) is 1.42. The van der Waals surface area contributed by atoms with Gasteiger partial charge in [0.05, 0.1) is 6.61 Å². The molecule has 0 saturated heterocycles. The fraction of sp³-hybridized carbons (Fsp3) is 0.529. The van der Waals surface area contributed by atoms with E-state index < -0.39 is 17.9 Å². The molecule has 0 fully saturated rings. The van der Waals surface area contributed by atoms with E-state index in [0.717, 1.165) is 6.42 Å². The van der Waals surface area contributed by atoms with Gasteiger partial charge in [0.1, 0.15) is 11.8 Å². The number of carbonyl (C=O) groups is 2. The van der Waals surface area contributed by atoms with Crippen LogP contribution in [0, 0.1) is 5.92 Å². The second-order valence-electron chi connectivity index (χ2n) is 5.40. The molecule has 0 aliphatic rings. The number of nitrogens with one attached hydrogen (secondary N) is 1. The van der Waals surface area contributed by atoms with Crippen LogP contribution < -0.4 is 10.1 Å². The van der Waals surface area contributed by atoms with Crippen molar-refractivity contribution in [2.75, 3.05) is 20.3 Å². The highest BCUT2D eigenvalue weighted by Crippen LogP contribution is 2.15. The number of carboxylic acids is 1. The molecule has 2 atom stereocenters. The van der Waals surface area contributed by atoms with Gasteiger partial charge in [-0.05, 0) is 24.1 Å². The van der Waals surface area contributed by atoms with Crippen molar-refractivity contribution in [1.82, 2.24) is 5.32 Å².